The van der Waals surface area contributed by atoms with Crippen LogP contribution in [-0.2, 0) is 0 Å². The molecule has 0 aliphatic heterocycles. The number of benzene rings is 2. The lowest BCUT2D eigenvalue weighted by molar-refractivity contribution is 0.446. The number of hydrogen-bond donors (Lipinski definition) is 1. The number of halogens is 5. The van der Waals surface area contributed by atoms with Crippen molar-refractivity contribution in [2.75, 3.05) is 0 Å². The summed E-state index contributed by atoms with van der Waals surface area (Å²) in [6, 6.07) is 3.95. The van der Waals surface area contributed by atoms with Gasteiger partial charge in [-0.15, -0.1) is 0 Å². The van der Waals surface area contributed by atoms with Crippen LogP contribution in [0.5, 0.6) is 0 Å². The standard InChI is InChI=1S/C13H5ClF4N2S/c14-6-3-11-10(4-7(6)15)19-13(21)20(11)5-1-8(16)12(18)9(17)2-5/h1-4H,(H,19,21). The molecule has 0 aliphatic carbocycles. The fraction of sp³-hybridized carbons (Fsp3) is 0. The molecule has 3 rings (SSSR count). The minimum atomic E-state index is -1.57. The van der Waals surface area contributed by atoms with Gasteiger partial charge in [-0.3, -0.25) is 4.57 Å². The van der Waals surface area contributed by atoms with E-state index >= 15 is 0 Å². The second kappa shape index (κ2) is 4.85. The van der Waals surface area contributed by atoms with E-state index in [9.17, 15) is 17.6 Å². The Morgan fingerprint density at radius 1 is 0.952 bits per heavy atom. The zero-order chi connectivity index (χ0) is 15.3. The fourth-order valence-corrected chi connectivity index (χ4v) is 2.50. The molecule has 2 aromatic carbocycles. The molecule has 0 saturated heterocycles. The Balaban J connectivity index is 2.37. The van der Waals surface area contributed by atoms with Gasteiger partial charge in [0.25, 0.3) is 0 Å². The van der Waals surface area contributed by atoms with Gasteiger partial charge in [0.05, 0.1) is 21.7 Å². The van der Waals surface area contributed by atoms with E-state index in [2.05, 4.69) is 4.98 Å². The van der Waals surface area contributed by atoms with Crippen LogP contribution >= 0.6 is 23.8 Å². The van der Waals surface area contributed by atoms with Gasteiger partial charge in [0.2, 0.25) is 0 Å². The average molecular weight is 333 g/mol. The molecule has 0 atom stereocenters. The van der Waals surface area contributed by atoms with Crippen molar-refractivity contribution in [2.45, 2.75) is 0 Å². The number of aromatic nitrogens is 2. The number of H-pyrrole nitrogens is 1. The Morgan fingerprint density at radius 3 is 2.19 bits per heavy atom. The molecule has 108 valence electrons. The van der Waals surface area contributed by atoms with Crippen molar-refractivity contribution in [3.63, 3.8) is 0 Å². The van der Waals surface area contributed by atoms with Crippen molar-refractivity contribution in [2.24, 2.45) is 0 Å². The first kappa shape index (κ1) is 14.1. The third-order valence-electron chi connectivity index (χ3n) is 2.95. The molecule has 0 unspecified atom stereocenters. The first-order valence-electron chi connectivity index (χ1n) is 5.63. The van der Waals surface area contributed by atoms with Crippen molar-refractivity contribution >= 4 is 34.9 Å². The van der Waals surface area contributed by atoms with Crippen molar-refractivity contribution in [3.05, 3.63) is 57.3 Å². The van der Waals surface area contributed by atoms with Gasteiger partial charge in [-0.1, -0.05) is 11.6 Å². The first-order chi connectivity index (χ1) is 9.88. The molecule has 0 amide bonds. The third-order valence-corrected chi connectivity index (χ3v) is 3.53. The number of fused-ring (bicyclic) bond motifs is 1. The Morgan fingerprint density at radius 2 is 1.57 bits per heavy atom. The largest absolute Gasteiger partial charge is 0.330 e. The number of nitrogens with one attached hydrogen (secondary N) is 1. The van der Waals surface area contributed by atoms with Crippen LogP contribution in [0.1, 0.15) is 0 Å². The number of hydrogen-bond acceptors (Lipinski definition) is 1. The molecular formula is C13H5ClF4N2S. The van der Waals surface area contributed by atoms with Crippen LogP contribution in [-0.4, -0.2) is 9.55 Å². The Kier molecular flexibility index (Phi) is 3.26. The van der Waals surface area contributed by atoms with Gasteiger partial charge < -0.3 is 4.98 Å². The molecule has 1 heterocycles. The van der Waals surface area contributed by atoms with Gasteiger partial charge in [-0.25, -0.2) is 17.6 Å². The van der Waals surface area contributed by atoms with Gasteiger partial charge in [-0.2, -0.15) is 0 Å². The summed E-state index contributed by atoms with van der Waals surface area (Å²) in [6.07, 6.45) is 0. The quantitative estimate of drug-likeness (QED) is 0.382. The molecule has 3 aromatic rings. The second-order valence-corrected chi connectivity index (χ2v) is 5.07. The highest BCUT2D eigenvalue weighted by Crippen LogP contribution is 2.26. The van der Waals surface area contributed by atoms with E-state index in [4.69, 9.17) is 23.8 Å². The minimum Gasteiger partial charge on any atom is -0.330 e. The predicted octanol–water partition coefficient (Wildman–Crippen LogP) is 4.90. The number of imidazole rings is 1. The molecule has 1 aromatic heterocycles. The van der Waals surface area contributed by atoms with Crippen LogP contribution in [0, 0.1) is 28.0 Å². The SMILES string of the molecule is Fc1cc2[nH]c(=S)n(-c3cc(F)c(F)c(F)c3)c2cc1Cl. The van der Waals surface area contributed by atoms with Crippen molar-refractivity contribution in [1.29, 1.82) is 0 Å². The van der Waals surface area contributed by atoms with Gasteiger partial charge >= 0.3 is 0 Å². The van der Waals surface area contributed by atoms with Gasteiger partial charge in [0, 0.05) is 18.2 Å². The van der Waals surface area contributed by atoms with Gasteiger partial charge in [0.15, 0.2) is 22.2 Å². The topological polar surface area (TPSA) is 20.7 Å². The van der Waals surface area contributed by atoms with Crippen molar-refractivity contribution in [1.82, 2.24) is 9.55 Å². The summed E-state index contributed by atoms with van der Waals surface area (Å²) in [4.78, 5) is 2.69. The van der Waals surface area contributed by atoms with Crippen LogP contribution in [0.4, 0.5) is 17.6 Å². The molecular weight excluding hydrogens is 328 g/mol. The zero-order valence-electron chi connectivity index (χ0n) is 10.1. The zero-order valence-corrected chi connectivity index (χ0v) is 11.6. The molecule has 0 spiro atoms. The summed E-state index contributed by atoms with van der Waals surface area (Å²) in [5.41, 5.74) is 0.578. The molecule has 0 radical (unpaired) electrons. The van der Waals surface area contributed by atoms with E-state index in [1.165, 1.54) is 10.6 Å². The van der Waals surface area contributed by atoms with Gasteiger partial charge in [-0.05, 0) is 18.3 Å². The Labute approximate surface area is 125 Å². The van der Waals surface area contributed by atoms with Crippen LogP contribution in [0.3, 0.4) is 0 Å². The second-order valence-electron chi connectivity index (χ2n) is 4.27. The summed E-state index contributed by atoms with van der Waals surface area (Å²) in [5.74, 6) is -4.94. The van der Waals surface area contributed by atoms with E-state index in [1.807, 2.05) is 0 Å². The van der Waals surface area contributed by atoms with E-state index in [-0.39, 0.29) is 15.5 Å². The summed E-state index contributed by atoms with van der Waals surface area (Å²) in [7, 11) is 0. The number of nitrogens with zero attached hydrogens (tertiary/aromatic N) is 1. The van der Waals surface area contributed by atoms with Crippen LogP contribution in [0.2, 0.25) is 5.02 Å². The monoisotopic (exact) mass is 332 g/mol. The summed E-state index contributed by atoms with van der Waals surface area (Å²) in [5, 5.41) is -0.173. The highest BCUT2D eigenvalue weighted by atomic mass is 35.5. The van der Waals surface area contributed by atoms with Crippen LogP contribution in [0.25, 0.3) is 16.7 Å². The minimum absolute atomic E-state index is 0.0367. The molecule has 8 heteroatoms. The maximum Gasteiger partial charge on any atom is 0.194 e. The lowest BCUT2D eigenvalue weighted by Crippen LogP contribution is -1.99. The summed E-state index contributed by atoms with van der Waals surface area (Å²) >= 11 is 10.7. The van der Waals surface area contributed by atoms with E-state index in [0.717, 1.165) is 18.2 Å². The van der Waals surface area contributed by atoms with Crippen molar-refractivity contribution < 1.29 is 17.6 Å². The maximum absolute atomic E-state index is 13.4. The molecule has 21 heavy (non-hydrogen) atoms. The average Bonchev–Trinajstić information content (AvgIpc) is 2.71. The molecule has 0 fully saturated rings. The smallest absolute Gasteiger partial charge is 0.194 e. The molecule has 1 N–H and O–H groups in total. The molecule has 0 bridgehead atoms. The molecule has 0 aliphatic rings. The lowest BCUT2D eigenvalue weighted by atomic mass is 10.2. The predicted molar refractivity (Wildman–Crippen MR) is 73.3 cm³/mol. The Bertz CT molecular complexity index is 909. The van der Waals surface area contributed by atoms with Crippen molar-refractivity contribution in [3.8, 4) is 5.69 Å². The van der Waals surface area contributed by atoms with Crippen LogP contribution < -0.4 is 0 Å². The van der Waals surface area contributed by atoms with Gasteiger partial charge in [0.1, 0.15) is 5.82 Å². The molecule has 0 saturated carbocycles. The summed E-state index contributed by atoms with van der Waals surface area (Å²) in [6.45, 7) is 0. The maximum atomic E-state index is 13.4. The van der Waals surface area contributed by atoms with E-state index in [0.29, 0.717) is 11.0 Å². The third kappa shape index (κ3) is 2.22. The first-order valence-corrected chi connectivity index (χ1v) is 6.42. The highest BCUT2D eigenvalue weighted by molar-refractivity contribution is 7.71. The van der Waals surface area contributed by atoms with E-state index in [1.54, 1.807) is 0 Å². The lowest BCUT2D eigenvalue weighted by Gasteiger charge is -2.06. The Hall–Kier alpha value is -1.86. The van der Waals surface area contributed by atoms with Crippen LogP contribution in [0.15, 0.2) is 24.3 Å². The highest BCUT2D eigenvalue weighted by Gasteiger charge is 2.15. The normalized spacial score (nSPS) is 11.3. The molecule has 2 nitrogen and oxygen atoms in total. The van der Waals surface area contributed by atoms with E-state index < -0.39 is 23.3 Å². The number of rotatable bonds is 1. The summed E-state index contributed by atoms with van der Waals surface area (Å²) < 4.78 is 54.4. The fourth-order valence-electron chi connectivity index (χ4n) is 2.03. The number of aromatic amines is 1.